The van der Waals surface area contributed by atoms with E-state index in [9.17, 15) is 10.1 Å². The van der Waals surface area contributed by atoms with Crippen molar-refractivity contribution in [2.45, 2.75) is 0 Å². The Morgan fingerprint density at radius 3 is 2.33 bits per heavy atom. The minimum absolute atomic E-state index is 0.0224. The fourth-order valence-corrected chi connectivity index (χ4v) is 1.94. The van der Waals surface area contributed by atoms with E-state index in [2.05, 4.69) is 10.1 Å². The fourth-order valence-electron chi connectivity index (χ4n) is 1.94. The molecular weight excluding hydrogens is 270 g/mol. The summed E-state index contributed by atoms with van der Waals surface area (Å²) in [5, 5.41) is 15.0. The minimum Gasteiger partial charge on any atom is -0.368 e. The van der Waals surface area contributed by atoms with Crippen LogP contribution in [0.25, 0.3) is 17.1 Å². The lowest BCUT2D eigenvalue weighted by molar-refractivity contribution is -0.384. The zero-order valence-corrected chi connectivity index (χ0v) is 10.9. The van der Waals surface area contributed by atoms with Crippen molar-refractivity contribution in [3.05, 3.63) is 64.7 Å². The average Bonchev–Trinajstić information content (AvgIpc) is 2.90. The maximum Gasteiger partial charge on any atom is 0.269 e. The largest absolute Gasteiger partial charge is 0.368 e. The molecule has 1 aromatic heterocycles. The Morgan fingerprint density at radius 1 is 1.05 bits per heavy atom. The van der Waals surface area contributed by atoms with Crippen LogP contribution in [0.4, 0.5) is 11.6 Å². The normalized spacial score (nSPS) is 10.5. The summed E-state index contributed by atoms with van der Waals surface area (Å²) in [5.74, 6) is 0.681. The third-order valence-corrected chi connectivity index (χ3v) is 2.97. The number of para-hydroxylation sites is 1. The molecule has 0 aliphatic heterocycles. The highest BCUT2D eigenvalue weighted by molar-refractivity contribution is 5.59. The van der Waals surface area contributed by atoms with Crippen molar-refractivity contribution in [2.24, 2.45) is 0 Å². The highest BCUT2D eigenvalue weighted by atomic mass is 16.6. The first-order valence-corrected chi connectivity index (χ1v) is 6.18. The number of nitro benzene ring substituents is 1. The number of rotatable bonds is 3. The molecule has 3 rings (SSSR count). The van der Waals surface area contributed by atoms with Gasteiger partial charge in [0.1, 0.15) is 0 Å². The Kier molecular flexibility index (Phi) is 3.07. The van der Waals surface area contributed by atoms with E-state index < -0.39 is 4.92 Å². The maximum absolute atomic E-state index is 10.6. The van der Waals surface area contributed by atoms with Gasteiger partial charge in [-0.1, -0.05) is 18.2 Å². The first-order chi connectivity index (χ1) is 10.1. The van der Waals surface area contributed by atoms with E-state index in [1.54, 1.807) is 12.1 Å². The number of hydrogen-bond donors (Lipinski definition) is 1. The van der Waals surface area contributed by atoms with Gasteiger partial charge in [-0.3, -0.25) is 10.1 Å². The monoisotopic (exact) mass is 281 g/mol. The van der Waals surface area contributed by atoms with Crippen molar-refractivity contribution in [1.82, 2.24) is 14.8 Å². The summed E-state index contributed by atoms with van der Waals surface area (Å²) in [6.45, 7) is 0. The molecule has 104 valence electrons. The van der Waals surface area contributed by atoms with Gasteiger partial charge >= 0.3 is 0 Å². The van der Waals surface area contributed by atoms with Gasteiger partial charge in [-0.2, -0.15) is 9.67 Å². The van der Waals surface area contributed by atoms with Crippen LogP contribution in [0.1, 0.15) is 0 Å². The summed E-state index contributed by atoms with van der Waals surface area (Å²) < 4.78 is 1.52. The SMILES string of the molecule is Nc1nc(-c2ccc([N+](=O)[O-])cc2)nn1-c1ccccc1. The summed E-state index contributed by atoms with van der Waals surface area (Å²) in [4.78, 5) is 14.4. The number of non-ortho nitro benzene ring substituents is 1. The van der Waals surface area contributed by atoms with E-state index in [1.165, 1.54) is 16.8 Å². The van der Waals surface area contributed by atoms with Gasteiger partial charge in [0, 0.05) is 17.7 Å². The lowest BCUT2D eigenvalue weighted by Gasteiger charge is -2.00. The summed E-state index contributed by atoms with van der Waals surface area (Å²) in [7, 11) is 0. The van der Waals surface area contributed by atoms with Crippen molar-refractivity contribution >= 4 is 11.6 Å². The molecule has 21 heavy (non-hydrogen) atoms. The number of anilines is 1. The molecule has 0 spiro atoms. The van der Waals surface area contributed by atoms with Crippen LogP contribution in [0.2, 0.25) is 0 Å². The zero-order chi connectivity index (χ0) is 14.8. The Morgan fingerprint density at radius 2 is 1.71 bits per heavy atom. The Labute approximate surface area is 119 Å². The lowest BCUT2D eigenvalue weighted by atomic mass is 10.2. The topological polar surface area (TPSA) is 99.9 Å². The van der Waals surface area contributed by atoms with Crippen molar-refractivity contribution in [1.29, 1.82) is 0 Å². The van der Waals surface area contributed by atoms with E-state index in [0.717, 1.165) is 5.69 Å². The molecule has 3 aromatic rings. The van der Waals surface area contributed by atoms with Crippen molar-refractivity contribution in [2.75, 3.05) is 5.73 Å². The highest BCUT2D eigenvalue weighted by Crippen LogP contribution is 2.21. The molecule has 0 atom stereocenters. The minimum atomic E-state index is -0.450. The highest BCUT2D eigenvalue weighted by Gasteiger charge is 2.12. The molecule has 0 amide bonds. The van der Waals surface area contributed by atoms with Crippen LogP contribution in [-0.2, 0) is 0 Å². The van der Waals surface area contributed by atoms with E-state index in [1.807, 2.05) is 30.3 Å². The number of nitrogens with two attached hydrogens (primary N) is 1. The van der Waals surface area contributed by atoms with Crippen LogP contribution in [-0.4, -0.2) is 19.7 Å². The molecule has 0 aliphatic carbocycles. The molecule has 2 aromatic carbocycles. The standard InChI is InChI=1S/C14H11N5O2/c15-14-16-13(10-6-8-12(9-7-10)19(20)21)17-18(14)11-4-2-1-3-5-11/h1-9H,(H2,15,16,17). The third kappa shape index (κ3) is 2.44. The van der Waals surface area contributed by atoms with Gasteiger partial charge < -0.3 is 5.73 Å². The van der Waals surface area contributed by atoms with Crippen LogP contribution in [0.5, 0.6) is 0 Å². The van der Waals surface area contributed by atoms with E-state index >= 15 is 0 Å². The smallest absolute Gasteiger partial charge is 0.269 e. The van der Waals surface area contributed by atoms with Gasteiger partial charge in [0.15, 0.2) is 5.82 Å². The average molecular weight is 281 g/mol. The summed E-state index contributed by atoms with van der Waals surface area (Å²) in [6.07, 6.45) is 0. The Bertz CT molecular complexity index is 781. The van der Waals surface area contributed by atoms with E-state index in [4.69, 9.17) is 5.73 Å². The lowest BCUT2D eigenvalue weighted by Crippen LogP contribution is -2.01. The van der Waals surface area contributed by atoms with E-state index in [0.29, 0.717) is 11.4 Å². The molecule has 0 unspecified atom stereocenters. The Hall–Kier alpha value is -3.22. The molecule has 1 heterocycles. The molecule has 7 nitrogen and oxygen atoms in total. The van der Waals surface area contributed by atoms with Crippen LogP contribution < -0.4 is 5.73 Å². The first-order valence-electron chi connectivity index (χ1n) is 6.18. The quantitative estimate of drug-likeness (QED) is 0.587. The number of nitrogen functional groups attached to an aromatic ring is 1. The van der Waals surface area contributed by atoms with Crippen LogP contribution >= 0.6 is 0 Å². The maximum atomic E-state index is 10.6. The van der Waals surface area contributed by atoms with Crippen LogP contribution in [0, 0.1) is 10.1 Å². The van der Waals surface area contributed by atoms with Gasteiger partial charge in [0.25, 0.3) is 5.69 Å². The van der Waals surface area contributed by atoms with Crippen LogP contribution in [0.3, 0.4) is 0 Å². The van der Waals surface area contributed by atoms with Gasteiger partial charge in [0.05, 0.1) is 10.6 Å². The second kappa shape index (κ2) is 5.04. The second-order valence-corrected chi connectivity index (χ2v) is 4.34. The van der Waals surface area contributed by atoms with Crippen molar-refractivity contribution < 1.29 is 4.92 Å². The number of nitro groups is 1. The first kappa shape index (κ1) is 12.8. The number of nitrogens with zero attached hydrogens (tertiary/aromatic N) is 4. The molecule has 2 N–H and O–H groups in total. The Balaban J connectivity index is 1.99. The molecule has 0 saturated heterocycles. The molecular formula is C14H11N5O2. The summed E-state index contributed by atoms with van der Waals surface area (Å²) in [6, 6.07) is 15.4. The summed E-state index contributed by atoms with van der Waals surface area (Å²) in [5.41, 5.74) is 7.36. The van der Waals surface area contributed by atoms with Gasteiger partial charge in [-0.05, 0) is 24.3 Å². The number of aromatic nitrogens is 3. The van der Waals surface area contributed by atoms with Gasteiger partial charge in [-0.15, -0.1) is 5.10 Å². The van der Waals surface area contributed by atoms with E-state index in [-0.39, 0.29) is 11.6 Å². The van der Waals surface area contributed by atoms with Gasteiger partial charge in [-0.25, -0.2) is 0 Å². The fraction of sp³-hybridized carbons (Fsp3) is 0. The van der Waals surface area contributed by atoms with Gasteiger partial charge in [0.2, 0.25) is 5.95 Å². The third-order valence-electron chi connectivity index (χ3n) is 2.97. The summed E-state index contributed by atoms with van der Waals surface area (Å²) >= 11 is 0. The van der Waals surface area contributed by atoms with Crippen molar-refractivity contribution in [3.63, 3.8) is 0 Å². The molecule has 0 radical (unpaired) electrons. The predicted molar refractivity (Wildman–Crippen MR) is 77.9 cm³/mol. The second-order valence-electron chi connectivity index (χ2n) is 4.34. The molecule has 0 saturated carbocycles. The molecule has 0 bridgehead atoms. The molecule has 7 heteroatoms. The molecule has 0 fully saturated rings. The molecule has 0 aliphatic rings. The zero-order valence-electron chi connectivity index (χ0n) is 10.9. The number of hydrogen-bond acceptors (Lipinski definition) is 5. The van der Waals surface area contributed by atoms with Crippen LogP contribution in [0.15, 0.2) is 54.6 Å². The van der Waals surface area contributed by atoms with Crippen molar-refractivity contribution in [3.8, 4) is 17.1 Å². The number of benzene rings is 2. The predicted octanol–water partition coefficient (Wildman–Crippen LogP) is 2.42.